The molecule has 1 rings (SSSR count). The minimum Gasteiger partial charge on any atom is -0.481 e. The topological polar surface area (TPSA) is 78.4 Å². The number of carbonyl (C=O) groups excluding carboxylic acids is 1. The Morgan fingerprint density at radius 2 is 2.19 bits per heavy atom. The zero-order chi connectivity index (χ0) is 11.8. The van der Waals surface area contributed by atoms with Gasteiger partial charge in [-0.3, -0.25) is 4.79 Å². The van der Waals surface area contributed by atoms with Crippen molar-refractivity contribution in [3.63, 3.8) is 0 Å². The Labute approximate surface area is 94.9 Å². The van der Waals surface area contributed by atoms with Crippen molar-refractivity contribution in [1.29, 1.82) is 0 Å². The molecule has 0 aliphatic heterocycles. The number of hydrogen-bond donors (Lipinski definition) is 3. The van der Waals surface area contributed by atoms with E-state index in [1.165, 1.54) is 0 Å². The Hall–Kier alpha value is -1.52. The predicted molar refractivity (Wildman–Crippen MR) is 60.2 cm³/mol. The van der Waals surface area contributed by atoms with Crippen LogP contribution in [0.3, 0.4) is 0 Å². The van der Waals surface area contributed by atoms with E-state index in [0.29, 0.717) is 13.0 Å². The van der Waals surface area contributed by atoms with E-state index in [1.54, 1.807) is 0 Å². The summed E-state index contributed by atoms with van der Waals surface area (Å²) >= 11 is 0. The summed E-state index contributed by atoms with van der Waals surface area (Å²) in [5.74, 6) is -0.834. The molecule has 0 aromatic heterocycles. The molecule has 90 valence electrons. The summed E-state index contributed by atoms with van der Waals surface area (Å²) in [5, 5.41) is 13.9. The highest BCUT2D eigenvalue weighted by atomic mass is 16.4. The number of hydrogen-bond acceptors (Lipinski definition) is 2. The molecular formula is C11H18N2O3. The Morgan fingerprint density at radius 1 is 1.38 bits per heavy atom. The normalized spacial score (nSPS) is 19.1. The van der Waals surface area contributed by atoms with Crippen molar-refractivity contribution in [3.05, 3.63) is 12.2 Å². The SMILES string of the molecule is O=C(O)CCCNC(=O)NC1CC=CCC1. The van der Waals surface area contributed by atoms with Gasteiger partial charge in [-0.2, -0.15) is 0 Å². The summed E-state index contributed by atoms with van der Waals surface area (Å²) in [4.78, 5) is 21.6. The fourth-order valence-electron chi connectivity index (χ4n) is 1.60. The van der Waals surface area contributed by atoms with E-state index in [4.69, 9.17) is 5.11 Å². The van der Waals surface area contributed by atoms with Gasteiger partial charge in [0.15, 0.2) is 0 Å². The summed E-state index contributed by atoms with van der Waals surface area (Å²) in [6.45, 7) is 0.403. The Morgan fingerprint density at radius 3 is 2.81 bits per heavy atom. The second-order valence-electron chi connectivity index (χ2n) is 3.88. The largest absolute Gasteiger partial charge is 0.481 e. The van der Waals surface area contributed by atoms with Gasteiger partial charge >= 0.3 is 12.0 Å². The zero-order valence-electron chi connectivity index (χ0n) is 9.24. The number of nitrogens with one attached hydrogen (secondary N) is 2. The van der Waals surface area contributed by atoms with Crippen molar-refractivity contribution in [3.8, 4) is 0 Å². The molecule has 1 aliphatic carbocycles. The molecule has 0 spiro atoms. The van der Waals surface area contributed by atoms with Crippen LogP contribution in [0.15, 0.2) is 12.2 Å². The van der Waals surface area contributed by atoms with Crippen LogP contribution in [0.25, 0.3) is 0 Å². The van der Waals surface area contributed by atoms with E-state index in [9.17, 15) is 9.59 Å². The third-order valence-electron chi connectivity index (χ3n) is 2.46. The quantitative estimate of drug-likeness (QED) is 0.488. The number of carboxylic acids is 1. The van der Waals surface area contributed by atoms with Crippen LogP contribution in [-0.4, -0.2) is 29.7 Å². The zero-order valence-corrected chi connectivity index (χ0v) is 9.24. The van der Waals surface area contributed by atoms with Crippen molar-refractivity contribution >= 4 is 12.0 Å². The first kappa shape index (κ1) is 12.5. The van der Waals surface area contributed by atoms with Crippen LogP contribution in [0.4, 0.5) is 4.79 Å². The van der Waals surface area contributed by atoms with Gasteiger partial charge < -0.3 is 15.7 Å². The summed E-state index contributed by atoms with van der Waals surface area (Å²) in [7, 11) is 0. The van der Waals surface area contributed by atoms with Crippen LogP contribution in [0.1, 0.15) is 32.1 Å². The van der Waals surface area contributed by atoms with Crippen LogP contribution in [0, 0.1) is 0 Å². The van der Waals surface area contributed by atoms with Crippen LogP contribution in [-0.2, 0) is 4.79 Å². The van der Waals surface area contributed by atoms with E-state index < -0.39 is 5.97 Å². The van der Waals surface area contributed by atoms with Crippen molar-refractivity contribution in [2.45, 2.75) is 38.1 Å². The molecule has 0 aromatic carbocycles. The number of aliphatic carboxylic acids is 1. The second-order valence-corrected chi connectivity index (χ2v) is 3.88. The third-order valence-corrected chi connectivity index (χ3v) is 2.46. The molecule has 0 aromatic rings. The van der Waals surface area contributed by atoms with Gasteiger partial charge in [0.05, 0.1) is 0 Å². The maximum atomic E-state index is 11.4. The van der Waals surface area contributed by atoms with Gasteiger partial charge in [0.2, 0.25) is 0 Å². The fraction of sp³-hybridized carbons (Fsp3) is 0.636. The number of amides is 2. The van der Waals surface area contributed by atoms with Crippen LogP contribution in [0.2, 0.25) is 0 Å². The molecule has 16 heavy (non-hydrogen) atoms. The van der Waals surface area contributed by atoms with E-state index in [1.807, 2.05) is 0 Å². The first-order valence-corrected chi connectivity index (χ1v) is 5.59. The molecule has 0 fully saturated rings. The van der Waals surface area contributed by atoms with Crippen molar-refractivity contribution in [2.75, 3.05) is 6.54 Å². The number of carbonyl (C=O) groups is 2. The maximum Gasteiger partial charge on any atom is 0.315 e. The van der Waals surface area contributed by atoms with Gasteiger partial charge in [-0.05, 0) is 25.7 Å². The van der Waals surface area contributed by atoms with Gasteiger partial charge in [-0.25, -0.2) is 4.79 Å². The number of carboxylic acid groups (broad SMARTS) is 1. The molecule has 0 heterocycles. The second kappa shape index (κ2) is 6.87. The van der Waals surface area contributed by atoms with Crippen molar-refractivity contribution in [2.24, 2.45) is 0 Å². The smallest absolute Gasteiger partial charge is 0.315 e. The van der Waals surface area contributed by atoms with Crippen molar-refractivity contribution < 1.29 is 14.7 Å². The standard InChI is InChI=1S/C11H18N2O3/c14-10(15)7-4-8-12-11(16)13-9-5-2-1-3-6-9/h1-2,9H,3-8H2,(H,14,15)(H2,12,13,16). The molecule has 0 radical (unpaired) electrons. The molecule has 5 nitrogen and oxygen atoms in total. The lowest BCUT2D eigenvalue weighted by molar-refractivity contribution is -0.137. The summed E-state index contributed by atoms with van der Waals surface area (Å²) < 4.78 is 0. The highest BCUT2D eigenvalue weighted by Gasteiger charge is 2.11. The Balaban J connectivity index is 2.06. The number of rotatable bonds is 5. The van der Waals surface area contributed by atoms with Crippen LogP contribution < -0.4 is 10.6 Å². The monoisotopic (exact) mass is 226 g/mol. The van der Waals surface area contributed by atoms with Gasteiger partial charge in [-0.15, -0.1) is 0 Å². The van der Waals surface area contributed by atoms with Crippen molar-refractivity contribution in [1.82, 2.24) is 10.6 Å². The molecule has 1 atom stereocenters. The minimum atomic E-state index is -0.834. The third kappa shape index (κ3) is 5.38. The molecule has 2 amide bonds. The van der Waals surface area contributed by atoms with Gasteiger partial charge in [0.25, 0.3) is 0 Å². The van der Waals surface area contributed by atoms with E-state index >= 15 is 0 Å². The van der Waals surface area contributed by atoms with Crippen LogP contribution in [0.5, 0.6) is 0 Å². The molecule has 0 saturated heterocycles. The Bertz CT molecular complexity index is 276. The van der Waals surface area contributed by atoms with Gasteiger partial charge in [0.1, 0.15) is 0 Å². The van der Waals surface area contributed by atoms with E-state index in [-0.39, 0.29) is 18.5 Å². The first-order valence-electron chi connectivity index (χ1n) is 5.59. The molecular weight excluding hydrogens is 208 g/mol. The lowest BCUT2D eigenvalue weighted by atomic mass is 10.0. The van der Waals surface area contributed by atoms with E-state index in [0.717, 1.165) is 19.3 Å². The minimum absolute atomic E-state index is 0.0897. The highest BCUT2D eigenvalue weighted by molar-refractivity contribution is 5.74. The molecule has 0 saturated carbocycles. The molecule has 5 heteroatoms. The lowest BCUT2D eigenvalue weighted by Gasteiger charge is -2.19. The fourth-order valence-corrected chi connectivity index (χ4v) is 1.60. The first-order chi connectivity index (χ1) is 7.68. The molecule has 0 bridgehead atoms. The lowest BCUT2D eigenvalue weighted by Crippen LogP contribution is -2.42. The average molecular weight is 226 g/mol. The van der Waals surface area contributed by atoms with Gasteiger partial charge in [0, 0.05) is 19.0 Å². The predicted octanol–water partition coefficient (Wildman–Crippen LogP) is 1.26. The number of allylic oxidation sites excluding steroid dienone is 1. The van der Waals surface area contributed by atoms with Crippen LogP contribution >= 0.6 is 0 Å². The summed E-state index contributed by atoms with van der Waals surface area (Å²) in [5.41, 5.74) is 0. The van der Waals surface area contributed by atoms with E-state index in [2.05, 4.69) is 22.8 Å². The molecule has 1 unspecified atom stereocenters. The maximum absolute atomic E-state index is 11.4. The summed E-state index contributed by atoms with van der Waals surface area (Å²) in [6.07, 6.45) is 7.59. The highest BCUT2D eigenvalue weighted by Crippen LogP contribution is 2.09. The number of urea groups is 1. The molecule has 3 N–H and O–H groups in total. The summed E-state index contributed by atoms with van der Waals surface area (Å²) in [6, 6.07) is 0.00941. The van der Waals surface area contributed by atoms with Gasteiger partial charge in [-0.1, -0.05) is 12.2 Å². The Kier molecular flexibility index (Phi) is 5.39. The average Bonchev–Trinajstić information content (AvgIpc) is 2.25. The molecule has 1 aliphatic rings.